The predicted octanol–water partition coefficient (Wildman–Crippen LogP) is 3.90. The van der Waals surface area contributed by atoms with Crippen molar-refractivity contribution in [2.75, 3.05) is 26.7 Å². The van der Waals surface area contributed by atoms with Crippen LogP contribution in [0.4, 0.5) is 52.7 Å². The topological polar surface area (TPSA) is 36.9 Å². The molecule has 0 aromatic rings. The van der Waals surface area contributed by atoms with E-state index in [1.54, 1.807) is 0 Å². The third-order valence-electron chi connectivity index (χ3n) is 2.75. The molecular weight excluding hydrogens is 464 g/mol. The number of halogens is 12. The molecule has 0 aliphatic carbocycles. The van der Waals surface area contributed by atoms with Crippen molar-refractivity contribution in [2.45, 2.75) is 50.1 Å². The minimum Gasteiger partial charge on any atom is -0.316 e. The van der Waals surface area contributed by atoms with E-state index < -0.39 is 85.9 Å². The molecule has 0 bridgehead atoms. The summed E-state index contributed by atoms with van der Waals surface area (Å²) in [4.78, 5) is 0. The Bertz CT molecular complexity index is 366. The summed E-state index contributed by atoms with van der Waals surface area (Å²) in [5.74, 6) is 0. The van der Waals surface area contributed by atoms with Gasteiger partial charge < -0.3 is 17.7 Å². The van der Waals surface area contributed by atoms with Gasteiger partial charge in [-0.25, -0.2) is 52.7 Å². The molecular formula is C12H16F12O4Si. The van der Waals surface area contributed by atoms with Gasteiger partial charge in [-0.3, -0.25) is 0 Å². The molecule has 29 heavy (non-hydrogen) atoms. The van der Waals surface area contributed by atoms with Gasteiger partial charge in [0.25, 0.3) is 0 Å². The van der Waals surface area contributed by atoms with Crippen molar-refractivity contribution < 1.29 is 70.4 Å². The van der Waals surface area contributed by atoms with Gasteiger partial charge in [0.1, 0.15) is 26.7 Å². The Morgan fingerprint density at radius 2 is 0.586 bits per heavy atom. The molecule has 0 aliphatic rings. The van der Waals surface area contributed by atoms with Crippen molar-refractivity contribution in [3.63, 3.8) is 0 Å². The first kappa shape index (κ1) is 28.2. The molecule has 0 aromatic carbocycles. The maximum Gasteiger partial charge on any atom is 0.688 e. The Morgan fingerprint density at radius 1 is 0.414 bits per heavy atom. The zero-order valence-corrected chi connectivity index (χ0v) is 15.1. The second kappa shape index (κ2) is 13.5. The summed E-state index contributed by atoms with van der Waals surface area (Å²) in [5, 5.41) is 0. The lowest BCUT2D eigenvalue weighted by atomic mass is 10.4. The highest BCUT2D eigenvalue weighted by molar-refractivity contribution is 6.53. The van der Waals surface area contributed by atoms with Gasteiger partial charge in [-0.05, 0) is 0 Å². The van der Waals surface area contributed by atoms with Crippen LogP contribution in [0.1, 0.15) is 0 Å². The molecule has 0 rings (SSSR count). The quantitative estimate of drug-likeness (QED) is 0.248. The van der Waals surface area contributed by atoms with Crippen molar-refractivity contribution >= 4 is 9.05 Å². The molecule has 0 fully saturated rings. The lowest BCUT2D eigenvalue weighted by molar-refractivity contribution is -0.208. The van der Waals surface area contributed by atoms with Crippen LogP contribution in [-0.4, -0.2) is 85.9 Å². The van der Waals surface area contributed by atoms with Gasteiger partial charge in [0.15, 0.2) is 24.7 Å². The summed E-state index contributed by atoms with van der Waals surface area (Å²) in [6.07, 6.45) is -27.9. The third-order valence-corrected chi connectivity index (χ3v) is 4.81. The molecule has 0 aliphatic heterocycles. The summed E-state index contributed by atoms with van der Waals surface area (Å²) in [6, 6.07) is 0. The van der Waals surface area contributed by atoms with Crippen LogP contribution in [0, 0.1) is 0 Å². The SMILES string of the molecule is FCC(F)C(F)O[Si](OC(F)C(F)CF)(OC(F)C(F)CF)OC(F)C(F)CF. The molecule has 0 N–H and O–H groups in total. The fourth-order valence-electron chi connectivity index (χ4n) is 1.29. The Kier molecular flexibility index (Phi) is 13.1. The second-order valence-electron chi connectivity index (χ2n) is 5.06. The minimum atomic E-state index is -6.49. The van der Waals surface area contributed by atoms with Crippen molar-refractivity contribution in [2.24, 2.45) is 0 Å². The molecule has 8 unspecified atom stereocenters. The Labute approximate surface area is 157 Å². The van der Waals surface area contributed by atoms with Crippen molar-refractivity contribution in [1.82, 2.24) is 0 Å². The van der Waals surface area contributed by atoms with E-state index in [4.69, 9.17) is 0 Å². The van der Waals surface area contributed by atoms with Gasteiger partial charge in [0.05, 0.1) is 0 Å². The second-order valence-corrected chi connectivity index (χ2v) is 7.00. The first-order valence-corrected chi connectivity index (χ1v) is 9.17. The number of rotatable bonds is 16. The van der Waals surface area contributed by atoms with Gasteiger partial charge in [0.2, 0.25) is 25.4 Å². The summed E-state index contributed by atoms with van der Waals surface area (Å²) in [7, 11) is -6.49. The highest BCUT2D eigenvalue weighted by Gasteiger charge is 2.58. The normalized spacial score (nSPS) is 22.8. The van der Waals surface area contributed by atoms with E-state index >= 15 is 0 Å². The van der Waals surface area contributed by atoms with E-state index in [-0.39, 0.29) is 0 Å². The molecule has 0 radical (unpaired) electrons. The lowest BCUT2D eigenvalue weighted by Crippen LogP contribution is -2.59. The van der Waals surface area contributed by atoms with E-state index in [1.807, 2.05) is 0 Å². The highest BCUT2D eigenvalue weighted by atomic mass is 28.4. The first-order chi connectivity index (χ1) is 13.5. The molecule has 0 heterocycles. The number of hydrogen-bond acceptors (Lipinski definition) is 4. The van der Waals surface area contributed by atoms with E-state index in [1.165, 1.54) is 0 Å². The van der Waals surface area contributed by atoms with E-state index in [9.17, 15) is 52.7 Å². The summed E-state index contributed by atoms with van der Waals surface area (Å²) in [6.45, 7) is -8.70. The summed E-state index contributed by atoms with van der Waals surface area (Å²) >= 11 is 0. The highest BCUT2D eigenvalue weighted by Crippen LogP contribution is 2.28. The van der Waals surface area contributed by atoms with Gasteiger partial charge in [-0.15, -0.1) is 0 Å². The maximum absolute atomic E-state index is 13.6. The Morgan fingerprint density at radius 3 is 0.724 bits per heavy atom. The van der Waals surface area contributed by atoms with Crippen molar-refractivity contribution in [1.29, 1.82) is 0 Å². The average Bonchev–Trinajstić information content (AvgIpc) is 2.70. The van der Waals surface area contributed by atoms with Gasteiger partial charge in [0, 0.05) is 0 Å². The summed E-state index contributed by atoms with van der Waals surface area (Å²) in [5.41, 5.74) is 0. The fourth-order valence-corrected chi connectivity index (χ4v) is 3.32. The van der Waals surface area contributed by atoms with Crippen LogP contribution in [0.5, 0.6) is 0 Å². The van der Waals surface area contributed by atoms with Gasteiger partial charge >= 0.3 is 9.05 Å². The van der Waals surface area contributed by atoms with Crippen LogP contribution < -0.4 is 0 Å². The monoisotopic (exact) mass is 480 g/mol. The van der Waals surface area contributed by atoms with E-state index in [2.05, 4.69) is 17.7 Å². The van der Waals surface area contributed by atoms with E-state index in [0.717, 1.165) is 0 Å². The smallest absolute Gasteiger partial charge is 0.316 e. The van der Waals surface area contributed by atoms with Crippen LogP contribution in [0.3, 0.4) is 0 Å². The standard InChI is InChI=1S/C12H16F12O4Si/c13-1-5(17)9(21)25-29(26-10(22)6(18)2-14,27-11(23)7(19)3-15)28-12(24)8(20)4-16/h5-12H,1-4H2. The molecule has 17 heteroatoms. The maximum atomic E-state index is 13.6. The molecule has 0 spiro atoms. The third kappa shape index (κ3) is 9.27. The van der Waals surface area contributed by atoms with Crippen LogP contribution in [0.2, 0.25) is 0 Å². The first-order valence-electron chi connectivity index (χ1n) is 7.54. The molecule has 0 saturated carbocycles. The molecule has 176 valence electrons. The molecule has 0 aromatic heterocycles. The molecule has 0 amide bonds. The van der Waals surface area contributed by atoms with Crippen molar-refractivity contribution in [3.8, 4) is 0 Å². The Hall–Kier alpha value is -0.783. The predicted molar refractivity (Wildman–Crippen MR) is 73.2 cm³/mol. The van der Waals surface area contributed by atoms with Crippen LogP contribution >= 0.6 is 0 Å². The lowest BCUT2D eigenvalue weighted by Gasteiger charge is -2.33. The number of alkyl halides is 12. The average molecular weight is 480 g/mol. The zero-order valence-electron chi connectivity index (χ0n) is 14.1. The zero-order chi connectivity index (χ0) is 22.8. The van der Waals surface area contributed by atoms with Crippen LogP contribution in [-0.2, 0) is 17.7 Å². The molecule has 4 nitrogen and oxygen atoms in total. The molecule has 0 saturated heterocycles. The Balaban J connectivity index is 5.97. The summed E-state index contributed by atoms with van der Waals surface area (Å²) < 4.78 is 170. The molecule has 8 atom stereocenters. The minimum absolute atomic E-state index is 2.18. The van der Waals surface area contributed by atoms with Crippen molar-refractivity contribution in [3.05, 3.63) is 0 Å². The van der Waals surface area contributed by atoms with E-state index in [0.29, 0.717) is 0 Å². The number of hydrogen-bond donors (Lipinski definition) is 0. The fraction of sp³-hybridized carbons (Fsp3) is 1.00. The van der Waals surface area contributed by atoms with Gasteiger partial charge in [-0.2, -0.15) is 0 Å². The van der Waals surface area contributed by atoms with Gasteiger partial charge in [-0.1, -0.05) is 0 Å². The largest absolute Gasteiger partial charge is 0.688 e. The van der Waals surface area contributed by atoms with Crippen LogP contribution in [0.15, 0.2) is 0 Å². The van der Waals surface area contributed by atoms with Crippen LogP contribution in [0.25, 0.3) is 0 Å².